The number of ether oxygens (including phenoxy) is 1. The number of halogens is 9. The van der Waals surface area contributed by atoms with Crippen molar-refractivity contribution in [1.29, 1.82) is 0 Å². The Morgan fingerprint density at radius 2 is 1.14 bits per heavy atom. The highest BCUT2D eigenvalue weighted by molar-refractivity contribution is 9.11. The van der Waals surface area contributed by atoms with Crippen molar-refractivity contribution in [2.75, 3.05) is 45.9 Å². The number of carbonyl (C=O) groups excluding carboxylic acids is 1. The summed E-state index contributed by atoms with van der Waals surface area (Å²) >= 11 is 8.62. The zero-order valence-electron chi connectivity index (χ0n) is 31.5. The maximum Gasteiger partial charge on any atom is 0.335 e. The molecule has 1 unspecified atom stereocenters. The van der Waals surface area contributed by atoms with E-state index in [1.54, 1.807) is 11.0 Å². The molecule has 312 valence electrons. The molecule has 1 amide bonds. The molecule has 0 aromatic heterocycles. The molecular weight excluding hydrogens is 951 g/mol. The van der Waals surface area contributed by atoms with Gasteiger partial charge in [-0.25, -0.2) is 31.1 Å². The van der Waals surface area contributed by atoms with E-state index in [4.69, 9.17) is 17.7 Å². The average Bonchev–Trinajstić information content (AvgIpc) is 3.70. The Labute approximate surface area is 357 Å². The number of likely N-dealkylation sites (tertiary alicyclic amines) is 2. The first kappa shape index (κ1) is 48.9. The van der Waals surface area contributed by atoms with Crippen LogP contribution >= 0.6 is 47.8 Å². The molecule has 4 fully saturated rings. The quantitative estimate of drug-likeness (QED) is 0.154. The normalized spacial score (nSPS) is 18.0. The lowest BCUT2D eigenvalue weighted by Crippen LogP contribution is -2.35. The number of nitrogens with zero attached hydrogens (tertiary/aromatic N) is 2. The van der Waals surface area contributed by atoms with Gasteiger partial charge in [-0.05, 0) is 174 Å². The van der Waals surface area contributed by atoms with E-state index in [1.165, 1.54) is 63.7 Å². The highest BCUT2D eigenvalue weighted by Crippen LogP contribution is 2.24. The van der Waals surface area contributed by atoms with Crippen molar-refractivity contribution < 1.29 is 45.8 Å². The molecule has 4 saturated heterocycles. The Morgan fingerprint density at radius 1 is 0.667 bits per heavy atom. The minimum Gasteiger partial charge on any atom is -0.478 e. The maximum absolute atomic E-state index is 13.2. The van der Waals surface area contributed by atoms with E-state index in [1.807, 2.05) is 0 Å². The summed E-state index contributed by atoms with van der Waals surface area (Å²) in [6.45, 7) is 7.55. The molecule has 4 aliphatic rings. The maximum atomic E-state index is 13.2. The summed E-state index contributed by atoms with van der Waals surface area (Å²) < 4.78 is 82.5. The van der Waals surface area contributed by atoms with Gasteiger partial charge in [0.2, 0.25) is 0 Å². The minimum absolute atomic E-state index is 0.0159. The highest BCUT2D eigenvalue weighted by Gasteiger charge is 2.21. The Bertz CT molecular complexity index is 1660. The lowest BCUT2D eigenvalue weighted by atomic mass is 9.98. The first-order valence-corrected chi connectivity index (χ1v) is 21.3. The molecule has 57 heavy (non-hydrogen) atoms. The number of aromatic carboxylic acids is 1. The second kappa shape index (κ2) is 25.9. The van der Waals surface area contributed by atoms with Crippen molar-refractivity contribution >= 4 is 67.5 Å². The number of hydrogen-bond acceptors (Lipinski definition) is 5. The van der Waals surface area contributed by atoms with Crippen molar-refractivity contribution in [2.24, 2.45) is 0 Å². The largest absolute Gasteiger partial charge is 0.478 e. The van der Waals surface area contributed by atoms with Gasteiger partial charge in [0.25, 0.3) is 5.91 Å². The Hall–Kier alpha value is -2.44. The van der Waals surface area contributed by atoms with E-state index >= 15 is 0 Å². The molecule has 7 rings (SSSR count). The van der Waals surface area contributed by atoms with E-state index in [9.17, 15) is 35.9 Å². The number of amides is 1. The summed E-state index contributed by atoms with van der Waals surface area (Å²) in [6.07, 6.45) is 13.1. The lowest BCUT2D eigenvalue weighted by molar-refractivity contribution is 0.0693. The lowest BCUT2D eigenvalue weighted by Gasteiger charge is -2.26. The van der Waals surface area contributed by atoms with Crippen LogP contribution < -0.4 is 5.32 Å². The van der Waals surface area contributed by atoms with Crippen molar-refractivity contribution in [3.8, 4) is 0 Å². The van der Waals surface area contributed by atoms with Crippen LogP contribution in [0.25, 0.3) is 0 Å². The summed E-state index contributed by atoms with van der Waals surface area (Å²) in [5.74, 6) is -7.33. The third-order valence-corrected chi connectivity index (χ3v) is 10.9. The molecule has 0 saturated carbocycles. The third-order valence-electron chi connectivity index (χ3n) is 9.18. The summed E-state index contributed by atoms with van der Waals surface area (Å²) in [5, 5.41) is 11.7. The fourth-order valence-electron chi connectivity index (χ4n) is 6.12. The second-order valence-electron chi connectivity index (χ2n) is 13.7. The van der Waals surface area contributed by atoms with Crippen molar-refractivity contribution in [3.63, 3.8) is 0 Å². The molecule has 3 aromatic carbocycles. The Kier molecular flexibility index (Phi) is 22.3. The highest BCUT2D eigenvalue weighted by atomic mass is 79.9. The van der Waals surface area contributed by atoms with Crippen molar-refractivity contribution in [3.05, 3.63) is 101 Å². The van der Waals surface area contributed by atoms with Crippen LogP contribution in [0.4, 0.5) is 26.3 Å². The fraction of sp³-hybridized carbons (Fsp3) is 0.500. The van der Waals surface area contributed by atoms with Crippen LogP contribution in [-0.4, -0.2) is 86.5 Å². The van der Waals surface area contributed by atoms with Crippen LogP contribution in [-0.2, 0) is 11.3 Å². The standard InChI is InChI=1S/C12H12BrF2NO.C12H14BrF2N.C7H3BrF2O2.C5H11N.C4H7BO/c13-9-6-8(7-10(14)11(9)15)12(17)16-4-2-1-3-5-16;13-10-6-9(7-11(14)12(10)15)8-16-4-2-1-3-5-16;8-4-1-3(7(11)12)2-5(9)6(4)10;1-2-4-6-5-3-1;5-4-2-1-3-6-4/h6-7H,1-5H2;6-7H,1-5,8H2;1-2H,(H,11,12);6H,1-5H2;4H,1-3H2. The number of hydrogen-bond donors (Lipinski definition) is 2. The molecule has 7 nitrogen and oxygen atoms in total. The number of nitrogens with one attached hydrogen (secondary N) is 1. The number of benzene rings is 3. The first-order chi connectivity index (χ1) is 27.2. The average molecular weight is 998 g/mol. The van der Waals surface area contributed by atoms with Gasteiger partial charge in [-0.15, -0.1) is 0 Å². The van der Waals surface area contributed by atoms with E-state index in [0.29, 0.717) is 25.7 Å². The zero-order valence-corrected chi connectivity index (χ0v) is 36.3. The topological polar surface area (TPSA) is 82.1 Å². The third kappa shape index (κ3) is 17.4. The molecule has 17 heteroatoms. The molecule has 0 spiro atoms. The molecule has 4 heterocycles. The SMILES string of the molecule is C1CCNCC1.Fc1cc(CN2CCCCC2)cc(Br)c1F.O=C(O)c1cc(F)c(F)c(Br)c1.O=C(c1cc(F)c(F)c(Br)c1)N1CCCCC1.[B]C1CCCO1. The van der Waals surface area contributed by atoms with E-state index in [-0.39, 0.29) is 36.5 Å². The number of carbonyl (C=O) groups is 2. The van der Waals surface area contributed by atoms with Gasteiger partial charge in [-0.1, -0.05) is 12.8 Å². The molecule has 2 N–H and O–H groups in total. The van der Waals surface area contributed by atoms with Crippen molar-refractivity contribution in [1.82, 2.24) is 15.1 Å². The Morgan fingerprint density at radius 3 is 1.54 bits per heavy atom. The number of piperidine rings is 3. The molecule has 4 aliphatic heterocycles. The first-order valence-electron chi connectivity index (χ1n) is 18.9. The molecule has 1 atom stereocenters. The molecular formula is C40H47BBr3F6N3O4. The van der Waals surface area contributed by atoms with Crippen LogP contribution in [0.1, 0.15) is 96.9 Å². The van der Waals surface area contributed by atoms with Crippen LogP contribution in [0.2, 0.25) is 0 Å². The van der Waals surface area contributed by atoms with Crippen LogP contribution in [0, 0.1) is 34.9 Å². The molecule has 0 bridgehead atoms. The molecule has 3 aromatic rings. The Balaban J connectivity index is 0.000000202. The van der Waals surface area contributed by atoms with Crippen LogP contribution in [0.5, 0.6) is 0 Å². The van der Waals surface area contributed by atoms with E-state index in [2.05, 4.69) is 58.0 Å². The van der Waals surface area contributed by atoms with Gasteiger partial charge < -0.3 is 20.1 Å². The minimum atomic E-state index is -1.30. The summed E-state index contributed by atoms with van der Waals surface area (Å²) in [4.78, 5) is 26.3. The van der Waals surface area contributed by atoms with Gasteiger partial charge in [0.1, 0.15) is 7.85 Å². The van der Waals surface area contributed by atoms with Crippen molar-refractivity contribution in [2.45, 2.75) is 83.2 Å². The predicted molar refractivity (Wildman–Crippen MR) is 219 cm³/mol. The second-order valence-corrected chi connectivity index (χ2v) is 16.3. The summed E-state index contributed by atoms with van der Waals surface area (Å²) in [5.41, 5.74) is 0.728. The number of carboxylic acids is 1. The van der Waals surface area contributed by atoms with Gasteiger partial charge in [0.15, 0.2) is 34.9 Å². The van der Waals surface area contributed by atoms with Gasteiger partial charge in [-0.2, -0.15) is 0 Å². The van der Waals surface area contributed by atoms with Gasteiger partial charge >= 0.3 is 5.97 Å². The van der Waals surface area contributed by atoms with Gasteiger partial charge in [-0.3, -0.25) is 9.69 Å². The van der Waals surface area contributed by atoms with Crippen LogP contribution in [0.3, 0.4) is 0 Å². The summed E-state index contributed by atoms with van der Waals surface area (Å²) in [7, 11) is 5.31. The zero-order chi connectivity index (χ0) is 41.9. The fourth-order valence-corrected chi connectivity index (χ4v) is 7.47. The van der Waals surface area contributed by atoms with Crippen LogP contribution in [0.15, 0.2) is 49.8 Å². The smallest absolute Gasteiger partial charge is 0.335 e. The number of carboxylic acid groups (broad SMARTS) is 1. The van der Waals surface area contributed by atoms with Gasteiger partial charge in [0, 0.05) is 37.8 Å². The summed E-state index contributed by atoms with van der Waals surface area (Å²) in [6, 6.07) is 6.90. The monoisotopic (exact) mass is 995 g/mol. The molecule has 2 radical (unpaired) electrons. The van der Waals surface area contributed by atoms with E-state index in [0.717, 1.165) is 69.5 Å². The predicted octanol–water partition coefficient (Wildman–Crippen LogP) is 10.5. The van der Waals surface area contributed by atoms with Gasteiger partial charge in [0.05, 0.1) is 19.0 Å². The van der Waals surface area contributed by atoms with E-state index < -0.39 is 40.9 Å². The number of rotatable bonds is 4. The molecule has 0 aliphatic carbocycles.